The van der Waals surface area contributed by atoms with E-state index in [-0.39, 0.29) is 5.69 Å². The third-order valence-electron chi connectivity index (χ3n) is 2.41. The Kier molecular flexibility index (Phi) is 4.21. The molecule has 0 heterocycles. The van der Waals surface area contributed by atoms with Crippen LogP contribution < -0.4 is 11.1 Å². The van der Waals surface area contributed by atoms with Gasteiger partial charge in [0.1, 0.15) is 5.82 Å². The van der Waals surface area contributed by atoms with Gasteiger partial charge in [-0.1, -0.05) is 15.9 Å². The lowest BCUT2D eigenvalue weighted by molar-refractivity contribution is 0.102. The highest BCUT2D eigenvalue weighted by Gasteiger charge is 2.13. The first kappa shape index (κ1) is 14.0. The third kappa shape index (κ3) is 3.33. The van der Waals surface area contributed by atoms with Crippen LogP contribution in [-0.2, 0) is 0 Å². The van der Waals surface area contributed by atoms with E-state index in [4.69, 9.17) is 5.73 Å². The van der Waals surface area contributed by atoms with Crippen molar-refractivity contribution < 1.29 is 9.18 Å². The van der Waals surface area contributed by atoms with Gasteiger partial charge < -0.3 is 11.1 Å². The summed E-state index contributed by atoms with van der Waals surface area (Å²) in [6.07, 6.45) is 0. The van der Waals surface area contributed by atoms with Gasteiger partial charge in [0, 0.05) is 14.6 Å². The molecular weight excluding hydrogens is 379 g/mol. The van der Waals surface area contributed by atoms with Gasteiger partial charge in [-0.05, 0) is 52.3 Å². The predicted molar refractivity (Wildman–Crippen MR) is 80.6 cm³/mol. The molecule has 0 atom stereocenters. The summed E-state index contributed by atoms with van der Waals surface area (Å²) in [7, 11) is 0. The maximum absolute atomic E-state index is 13.6. The maximum Gasteiger partial charge on any atom is 0.256 e. The number of benzene rings is 2. The lowest BCUT2D eigenvalue weighted by Gasteiger charge is -2.08. The normalized spacial score (nSPS) is 10.3. The van der Waals surface area contributed by atoms with Crippen LogP contribution in [0.3, 0.4) is 0 Å². The molecule has 0 aliphatic rings. The molecule has 2 rings (SSSR count). The van der Waals surface area contributed by atoms with Crippen LogP contribution in [0, 0.1) is 5.82 Å². The molecule has 0 aromatic heterocycles. The molecule has 0 aliphatic carbocycles. The third-order valence-corrected chi connectivity index (χ3v) is 3.60. The first-order chi connectivity index (χ1) is 8.97. The molecule has 0 bridgehead atoms. The number of hydrogen-bond donors (Lipinski definition) is 2. The predicted octanol–water partition coefficient (Wildman–Crippen LogP) is 4.19. The highest BCUT2D eigenvalue weighted by atomic mass is 79.9. The molecule has 2 aromatic rings. The zero-order valence-corrected chi connectivity index (χ0v) is 12.8. The number of rotatable bonds is 2. The summed E-state index contributed by atoms with van der Waals surface area (Å²) in [5, 5.41) is 2.50. The second-order valence-corrected chi connectivity index (χ2v) is 5.59. The van der Waals surface area contributed by atoms with Crippen molar-refractivity contribution in [2.75, 3.05) is 11.1 Å². The Balaban J connectivity index is 2.28. The summed E-state index contributed by atoms with van der Waals surface area (Å²) < 4.78 is 15.0. The second kappa shape index (κ2) is 5.71. The minimum atomic E-state index is -0.570. The first-order valence-electron chi connectivity index (χ1n) is 5.29. The Bertz CT molecular complexity index is 647. The van der Waals surface area contributed by atoms with Gasteiger partial charge in [-0.15, -0.1) is 0 Å². The molecule has 0 spiro atoms. The van der Waals surface area contributed by atoms with Crippen LogP contribution in [0.2, 0.25) is 0 Å². The number of halogens is 3. The second-order valence-electron chi connectivity index (χ2n) is 3.82. The summed E-state index contributed by atoms with van der Waals surface area (Å²) >= 11 is 6.56. The molecule has 0 saturated heterocycles. The number of hydrogen-bond acceptors (Lipinski definition) is 2. The Hall–Kier alpha value is -1.40. The Morgan fingerprint density at radius 3 is 2.58 bits per heavy atom. The standard InChI is InChI=1S/C13H9Br2FN2O/c14-7-1-3-10(15)9(5-7)13(19)18-12-4-2-8(17)6-11(12)16/h1-6H,17H2,(H,18,19). The lowest BCUT2D eigenvalue weighted by Crippen LogP contribution is -2.13. The van der Waals surface area contributed by atoms with Crippen LogP contribution >= 0.6 is 31.9 Å². The molecule has 6 heteroatoms. The van der Waals surface area contributed by atoms with E-state index in [9.17, 15) is 9.18 Å². The molecule has 3 nitrogen and oxygen atoms in total. The average molecular weight is 388 g/mol. The first-order valence-corrected chi connectivity index (χ1v) is 6.87. The highest BCUT2D eigenvalue weighted by molar-refractivity contribution is 9.11. The molecule has 1 amide bonds. The number of nitrogen functional groups attached to an aromatic ring is 1. The van der Waals surface area contributed by atoms with E-state index < -0.39 is 11.7 Å². The monoisotopic (exact) mass is 386 g/mol. The molecule has 19 heavy (non-hydrogen) atoms. The smallest absolute Gasteiger partial charge is 0.256 e. The Morgan fingerprint density at radius 2 is 1.89 bits per heavy atom. The van der Waals surface area contributed by atoms with E-state index in [1.807, 2.05) is 0 Å². The zero-order valence-electron chi connectivity index (χ0n) is 9.58. The van der Waals surface area contributed by atoms with Crippen molar-refractivity contribution in [2.24, 2.45) is 0 Å². The molecule has 2 aromatic carbocycles. The van der Waals surface area contributed by atoms with Crippen molar-refractivity contribution in [1.29, 1.82) is 0 Å². The van der Waals surface area contributed by atoms with E-state index >= 15 is 0 Å². The van der Waals surface area contributed by atoms with Crippen LogP contribution in [0.4, 0.5) is 15.8 Å². The largest absolute Gasteiger partial charge is 0.399 e. The maximum atomic E-state index is 13.6. The van der Waals surface area contributed by atoms with E-state index in [0.29, 0.717) is 15.7 Å². The molecule has 0 radical (unpaired) electrons. The lowest BCUT2D eigenvalue weighted by atomic mass is 10.2. The number of nitrogens with one attached hydrogen (secondary N) is 1. The van der Waals surface area contributed by atoms with Gasteiger partial charge in [0.2, 0.25) is 0 Å². The minimum Gasteiger partial charge on any atom is -0.399 e. The fourth-order valence-electron chi connectivity index (χ4n) is 1.49. The molecule has 0 aliphatic heterocycles. The Morgan fingerprint density at radius 1 is 1.16 bits per heavy atom. The number of carbonyl (C=O) groups is 1. The van der Waals surface area contributed by atoms with Gasteiger partial charge in [0.15, 0.2) is 0 Å². The van der Waals surface area contributed by atoms with Crippen LogP contribution in [-0.4, -0.2) is 5.91 Å². The number of amides is 1. The van der Waals surface area contributed by atoms with Crippen molar-refractivity contribution in [3.05, 3.63) is 56.7 Å². The van der Waals surface area contributed by atoms with Crippen LogP contribution in [0.5, 0.6) is 0 Å². The van der Waals surface area contributed by atoms with Crippen molar-refractivity contribution in [2.45, 2.75) is 0 Å². The molecule has 0 unspecified atom stereocenters. The number of anilines is 2. The van der Waals surface area contributed by atoms with Crippen LogP contribution in [0.1, 0.15) is 10.4 Å². The van der Waals surface area contributed by atoms with Gasteiger partial charge in [0.05, 0.1) is 11.3 Å². The topological polar surface area (TPSA) is 55.1 Å². The minimum absolute atomic E-state index is 0.0890. The fourth-order valence-corrected chi connectivity index (χ4v) is 2.28. The van der Waals surface area contributed by atoms with E-state index in [1.54, 1.807) is 18.2 Å². The van der Waals surface area contributed by atoms with Crippen molar-refractivity contribution in [3.8, 4) is 0 Å². The van der Waals surface area contributed by atoms with Crippen LogP contribution in [0.25, 0.3) is 0 Å². The van der Waals surface area contributed by atoms with Gasteiger partial charge >= 0.3 is 0 Å². The highest BCUT2D eigenvalue weighted by Crippen LogP contribution is 2.24. The summed E-state index contributed by atoms with van der Waals surface area (Å²) in [4.78, 5) is 12.1. The molecule has 3 N–H and O–H groups in total. The number of nitrogens with two attached hydrogens (primary N) is 1. The molecule has 0 saturated carbocycles. The average Bonchev–Trinajstić information content (AvgIpc) is 2.35. The molecular formula is C13H9Br2FN2O. The molecule has 98 valence electrons. The summed E-state index contributed by atoms with van der Waals surface area (Å²) in [6.45, 7) is 0. The van der Waals surface area contributed by atoms with Gasteiger partial charge in [0.25, 0.3) is 5.91 Å². The molecule has 0 fully saturated rings. The quantitative estimate of drug-likeness (QED) is 0.759. The van der Waals surface area contributed by atoms with Crippen molar-refractivity contribution >= 4 is 49.1 Å². The van der Waals surface area contributed by atoms with Crippen molar-refractivity contribution in [3.63, 3.8) is 0 Å². The Labute approximate surface area is 126 Å². The zero-order chi connectivity index (χ0) is 14.0. The van der Waals surface area contributed by atoms with Gasteiger partial charge in [-0.2, -0.15) is 0 Å². The van der Waals surface area contributed by atoms with Gasteiger partial charge in [-0.25, -0.2) is 4.39 Å². The summed E-state index contributed by atoms with van der Waals surface area (Å²) in [5.41, 5.74) is 6.25. The van der Waals surface area contributed by atoms with Crippen molar-refractivity contribution in [1.82, 2.24) is 0 Å². The van der Waals surface area contributed by atoms with E-state index in [0.717, 1.165) is 10.5 Å². The SMILES string of the molecule is Nc1ccc(NC(=O)c2cc(Br)ccc2Br)c(F)c1. The number of carbonyl (C=O) groups excluding carboxylic acids is 1. The van der Waals surface area contributed by atoms with Gasteiger partial charge in [-0.3, -0.25) is 4.79 Å². The van der Waals surface area contributed by atoms with E-state index in [1.165, 1.54) is 12.1 Å². The summed E-state index contributed by atoms with van der Waals surface area (Å²) in [5.74, 6) is -0.976. The summed E-state index contributed by atoms with van der Waals surface area (Å²) in [6, 6.07) is 9.28. The fraction of sp³-hybridized carbons (Fsp3) is 0. The van der Waals surface area contributed by atoms with E-state index in [2.05, 4.69) is 37.2 Å². The van der Waals surface area contributed by atoms with Crippen LogP contribution in [0.15, 0.2) is 45.3 Å².